The Hall–Kier alpha value is -3.99. The van der Waals surface area contributed by atoms with E-state index >= 15 is 0 Å². The molecule has 1 fully saturated rings. The minimum Gasteiger partial charge on any atom is -0.360 e. The van der Waals surface area contributed by atoms with Crippen molar-refractivity contribution in [3.05, 3.63) is 71.2 Å². The zero-order valence-electron chi connectivity index (χ0n) is 16.9. The summed E-state index contributed by atoms with van der Waals surface area (Å²) >= 11 is 0. The van der Waals surface area contributed by atoms with E-state index in [-0.39, 0.29) is 10.9 Å². The number of rotatable bonds is 3. The van der Waals surface area contributed by atoms with Gasteiger partial charge in [0, 0.05) is 43.3 Å². The number of benzene rings is 2. The molecule has 1 N–H and O–H groups in total. The predicted octanol–water partition coefficient (Wildman–Crippen LogP) is 2.87. The van der Waals surface area contributed by atoms with Crippen LogP contribution in [0.15, 0.2) is 53.7 Å². The van der Waals surface area contributed by atoms with Crippen LogP contribution < -0.4 is 0 Å². The van der Waals surface area contributed by atoms with Gasteiger partial charge >= 0.3 is 0 Å². The third kappa shape index (κ3) is 3.78. The Labute approximate surface area is 178 Å². The van der Waals surface area contributed by atoms with Crippen LogP contribution >= 0.6 is 0 Å². The summed E-state index contributed by atoms with van der Waals surface area (Å²) in [6.07, 6.45) is 3.23. The molecule has 0 aliphatic carbocycles. The molecule has 0 atom stereocenters. The molecule has 0 bridgehead atoms. The van der Waals surface area contributed by atoms with Gasteiger partial charge in [0.15, 0.2) is 0 Å². The summed E-state index contributed by atoms with van der Waals surface area (Å²) < 4.78 is 14.4. The summed E-state index contributed by atoms with van der Waals surface area (Å²) in [5, 5.41) is 9.21. The molecule has 1 aliphatic heterocycles. The summed E-state index contributed by atoms with van der Waals surface area (Å²) in [6.45, 7) is 3.25. The van der Waals surface area contributed by atoms with Gasteiger partial charge in [-0.25, -0.2) is 4.39 Å². The average molecular weight is 417 g/mol. The molecule has 31 heavy (non-hydrogen) atoms. The van der Waals surface area contributed by atoms with Gasteiger partial charge in [-0.2, -0.15) is 10.3 Å². The molecule has 0 spiro atoms. The number of nitriles is 1. The van der Waals surface area contributed by atoms with E-state index in [1.165, 1.54) is 17.2 Å². The van der Waals surface area contributed by atoms with Crippen LogP contribution in [0.25, 0.3) is 10.9 Å². The van der Waals surface area contributed by atoms with Gasteiger partial charge in [0.1, 0.15) is 11.7 Å². The lowest BCUT2D eigenvalue weighted by molar-refractivity contribution is -0.127. The summed E-state index contributed by atoms with van der Waals surface area (Å²) in [5.74, 6) is -1.41. The maximum atomic E-state index is 14.4. The zero-order chi connectivity index (χ0) is 22.0. The van der Waals surface area contributed by atoms with Crippen LogP contribution in [0, 0.1) is 24.2 Å². The van der Waals surface area contributed by atoms with E-state index in [1.54, 1.807) is 13.0 Å². The topological polar surface area (TPSA) is 92.6 Å². The first-order valence-electron chi connectivity index (χ1n) is 9.88. The maximum absolute atomic E-state index is 14.4. The summed E-state index contributed by atoms with van der Waals surface area (Å²) in [7, 11) is 0. The molecular weight excluding hydrogens is 397 g/mol. The van der Waals surface area contributed by atoms with Crippen molar-refractivity contribution in [1.82, 2.24) is 14.8 Å². The number of aromatic amines is 1. The number of halogens is 1. The molecule has 2 heterocycles. The lowest BCUT2D eigenvalue weighted by atomic mass is 10.1. The van der Waals surface area contributed by atoms with Crippen LogP contribution in [-0.2, 0) is 4.79 Å². The van der Waals surface area contributed by atoms with Crippen molar-refractivity contribution in [2.75, 3.05) is 26.2 Å². The maximum Gasteiger partial charge on any atom is 0.295 e. The quantitative estimate of drug-likeness (QED) is 0.233. The summed E-state index contributed by atoms with van der Waals surface area (Å²) in [6, 6.07) is 12.3. The fourth-order valence-corrected chi connectivity index (χ4v) is 3.86. The van der Waals surface area contributed by atoms with Crippen LogP contribution in [-0.4, -0.2) is 58.5 Å². The number of carbonyl (C=O) groups is 2. The van der Waals surface area contributed by atoms with Gasteiger partial charge < -0.3 is 14.8 Å². The van der Waals surface area contributed by atoms with E-state index < -0.39 is 17.5 Å². The first-order chi connectivity index (χ1) is 15.0. The molecule has 156 valence electrons. The van der Waals surface area contributed by atoms with Gasteiger partial charge in [-0.1, -0.05) is 36.4 Å². The minimum absolute atomic E-state index is 0.0413. The Morgan fingerprint density at radius 3 is 2.42 bits per heavy atom. The van der Waals surface area contributed by atoms with Crippen molar-refractivity contribution in [3.63, 3.8) is 0 Å². The van der Waals surface area contributed by atoms with E-state index in [0.29, 0.717) is 37.5 Å². The smallest absolute Gasteiger partial charge is 0.295 e. The van der Waals surface area contributed by atoms with Gasteiger partial charge in [-0.05, 0) is 18.6 Å². The normalized spacial score (nSPS) is 14.5. The van der Waals surface area contributed by atoms with Crippen molar-refractivity contribution in [2.45, 2.75) is 6.92 Å². The first-order valence-corrected chi connectivity index (χ1v) is 9.88. The van der Waals surface area contributed by atoms with E-state index in [4.69, 9.17) is 5.26 Å². The Balaban J connectivity index is 1.50. The van der Waals surface area contributed by atoms with E-state index in [0.717, 1.165) is 11.1 Å². The molecule has 0 unspecified atom stereocenters. The number of piperazine rings is 1. The van der Waals surface area contributed by atoms with Gasteiger partial charge in [-0.15, -0.1) is 0 Å². The average Bonchev–Trinajstić information content (AvgIpc) is 3.26. The number of H-pyrrole nitrogens is 1. The number of aliphatic imine (C=N–C) groups is 1. The van der Waals surface area contributed by atoms with Gasteiger partial charge in [-0.3, -0.25) is 9.59 Å². The van der Waals surface area contributed by atoms with Crippen molar-refractivity contribution < 1.29 is 14.0 Å². The molecule has 1 amide bonds. The molecule has 4 rings (SSSR count). The van der Waals surface area contributed by atoms with Crippen LogP contribution in [0.2, 0.25) is 0 Å². The van der Waals surface area contributed by atoms with Crippen LogP contribution in [0.1, 0.15) is 21.5 Å². The number of aryl methyl sites for hydroxylation is 1. The van der Waals surface area contributed by atoms with E-state index in [2.05, 4.69) is 9.98 Å². The number of nitrogens with one attached hydrogen (secondary N) is 1. The number of aromatic nitrogens is 1. The standard InChI is InChI=1S/C23H20FN5O2/c1-15-7-8-18(24)19-17(13-26-20(15)19)21(30)23(31)29-11-9-28(10-12-29)22(27-14-25)16-5-3-2-4-6-16/h2-8,13,26H,9-12H2,1H3. The summed E-state index contributed by atoms with van der Waals surface area (Å²) in [5.41, 5.74) is 2.16. The highest BCUT2D eigenvalue weighted by molar-refractivity contribution is 6.45. The molecule has 0 saturated carbocycles. The highest BCUT2D eigenvalue weighted by Crippen LogP contribution is 2.25. The lowest BCUT2D eigenvalue weighted by Gasteiger charge is -2.35. The third-order valence-corrected chi connectivity index (χ3v) is 5.49. The molecule has 3 aromatic rings. The molecule has 1 aliphatic rings. The van der Waals surface area contributed by atoms with Crippen molar-refractivity contribution in [2.24, 2.45) is 4.99 Å². The van der Waals surface area contributed by atoms with E-state index in [9.17, 15) is 14.0 Å². The highest BCUT2D eigenvalue weighted by Gasteiger charge is 2.30. The largest absolute Gasteiger partial charge is 0.360 e. The van der Waals surface area contributed by atoms with Gasteiger partial charge in [0.25, 0.3) is 11.7 Å². The molecule has 7 nitrogen and oxygen atoms in total. The van der Waals surface area contributed by atoms with Gasteiger partial charge in [0.05, 0.1) is 11.1 Å². The second-order valence-electron chi connectivity index (χ2n) is 7.33. The van der Waals surface area contributed by atoms with Crippen molar-refractivity contribution in [1.29, 1.82) is 5.26 Å². The molecule has 8 heteroatoms. The fraction of sp³-hybridized carbons (Fsp3) is 0.217. The van der Waals surface area contributed by atoms with Crippen LogP contribution in [0.3, 0.4) is 0 Å². The van der Waals surface area contributed by atoms with Crippen LogP contribution in [0.5, 0.6) is 0 Å². The van der Waals surface area contributed by atoms with Crippen molar-refractivity contribution >= 4 is 28.4 Å². The zero-order valence-corrected chi connectivity index (χ0v) is 16.9. The number of Topliss-reactive ketones (excluding diaryl/α,β-unsaturated/α-hetero) is 1. The number of hydrogen-bond donors (Lipinski definition) is 1. The lowest BCUT2D eigenvalue weighted by Crippen LogP contribution is -2.52. The number of ketones is 1. The Morgan fingerprint density at radius 1 is 1.06 bits per heavy atom. The molecule has 2 aromatic carbocycles. The molecule has 1 aromatic heterocycles. The second kappa shape index (κ2) is 8.40. The van der Waals surface area contributed by atoms with Crippen LogP contribution in [0.4, 0.5) is 4.39 Å². The Morgan fingerprint density at radius 2 is 1.74 bits per heavy atom. The third-order valence-electron chi connectivity index (χ3n) is 5.49. The fourth-order valence-electron chi connectivity index (χ4n) is 3.86. The number of hydrogen-bond acceptors (Lipinski definition) is 4. The number of carbonyl (C=O) groups excluding carboxylic acids is 2. The molecule has 1 saturated heterocycles. The monoisotopic (exact) mass is 417 g/mol. The Bertz CT molecular complexity index is 1220. The molecule has 0 radical (unpaired) electrons. The number of nitrogens with zero attached hydrogens (tertiary/aromatic N) is 4. The summed E-state index contributed by atoms with van der Waals surface area (Å²) in [4.78, 5) is 35.9. The van der Waals surface area contributed by atoms with Gasteiger partial charge in [0.2, 0.25) is 6.19 Å². The first kappa shape index (κ1) is 20.3. The SMILES string of the molecule is Cc1ccc(F)c2c(C(=O)C(=O)N3CCN(C(=NC#N)c4ccccc4)CC3)c[nH]c12. The van der Waals surface area contributed by atoms with Crippen molar-refractivity contribution in [3.8, 4) is 6.19 Å². The number of fused-ring (bicyclic) bond motifs is 1. The van der Waals surface area contributed by atoms with E-state index in [1.807, 2.05) is 41.4 Å². The molecular formula is C23H20FN5O2. The minimum atomic E-state index is -0.738. The number of amides is 1. The second-order valence-corrected chi connectivity index (χ2v) is 7.33. The number of amidine groups is 1. The highest BCUT2D eigenvalue weighted by atomic mass is 19.1. The predicted molar refractivity (Wildman–Crippen MR) is 114 cm³/mol. The Kier molecular flexibility index (Phi) is 5.50.